The smallest absolute Gasteiger partial charge is 0.245 e. The zero-order valence-corrected chi connectivity index (χ0v) is 31.6. The van der Waals surface area contributed by atoms with Crippen LogP contribution in [0.25, 0.3) is 0 Å². The van der Waals surface area contributed by atoms with Gasteiger partial charge in [-0.25, -0.2) is 0 Å². The van der Waals surface area contributed by atoms with Gasteiger partial charge in [0, 0.05) is 38.0 Å². The van der Waals surface area contributed by atoms with Gasteiger partial charge in [-0.1, -0.05) is 74.5 Å². The second kappa shape index (κ2) is 19.7. The molecule has 2 aliphatic rings. The Morgan fingerprint density at radius 2 is 1.21 bits per heavy atom. The lowest BCUT2D eigenvalue weighted by Crippen LogP contribution is -2.66. The molecule has 2 fully saturated rings. The summed E-state index contributed by atoms with van der Waals surface area (Å²) in [4.78, 5) is 71.1. The summed E-state index contributed by atoms with van der Waals surface area (Å²) in [5.74, 6) is -1.63. The topological polar surface area (TPSA) is 206 Å². The van der Waals surface area contributed by atoms with E-state index in [0.29, 0.717) is 64.8 Å². The van der Waals surface area contributed by atoms with Gasteiger partial charge in [-0.2, -0.15) is 0 Å². The van der Waals surface area contributed by atoms with E-state index in [1.165, 1.54) is 0 Å². The molecule has 0 bridgehead atoms. The minimum atomic E-state index is -0.997. The highest BCUT2D eigenvalue weighted by Gasteiger charge is 2.48. The molecule has 9 N–H and O–H groups in total. The molecule has 53 heavy (non-hydrogen) atoms. The summed E-state index contributed by atoms with van der Waals surface area (Å²) in [6.45, 7) is 8.42. The maximum atomic E-state index is 14.0. The van der Waals surface area contributed by atoms with Crippen LogP contribution in [0.15, 0.2) is 60.7 Å². The number of amides is 5. The molecule has 2 heterocycles. The van der Waals surface area contributed by atoms with Crippen molar-refractivity contribution in [1.29, 1.82) is 0 Å². The fourth-order valence-electron chi connectivity index (χ4n) is 7.24. The van der Waals surface area contributed by atoms with E-state index in [1.807, 2.05) is 74.5 Å². The molecule has 2 aromatic rings. The number of carbonyl (C=O) groups excluding carboxylic acids is 5. The van der Waals surface area contributed by atoms with Gasteiger partial charge in [0.25, 0.3) is 0 Å². The highest BCUT2D eigenvalue weighted by molar-refractivity contribution is 5.95. The van der Waals surface area contributed by atoms with Crippen molar-refractivity contribution in [2.45, 2.75) is 102 Å². The van der Waals surface area contributed by atoms with Crippen molar-refractivity contribution in [2.24, 2.45) is 28.5 Å². The van der Waals surface area contributed by atoms with E-state index in [9.17, 15) is 24.0 Å². The number of nitrogens with zero attached hydrogens (tertiary/aromatic N) is 2. The maximum absolute atomic E-state index is 14.0. The molecule has 0 saturated carbocycles. The number of carbonyl (C=O) groups is 5. The molecular formula is C40H60N8O5. The number of rotatable bonds is 18. The highest BCUT2D eigenvalue weighted by Crippen LogP contribution is 2.41. The summed E-state index contributed by atoms with van der Waals surface area (Å²) >= 11 is 0. The van der Waals surface area contributed by atoms with Crippen molar-refractivity contribution < 1.29 is 24.0 Å². The first kappa shape index (κ1) is 41.4. The lowest BCUT2D eigenvalue weighted by atomic mass is 9.71. The van der Waals surface area contributed by atoms with Crippen LogP contribution < -0.4 is 33.2 Å². The lowest BCUT2D eigenvalue weighted by molar-refractivity contribution is -0.153. The maximum Gasteiger partial charge on any atom is 0.245 e. The number of piperidine rings is 1. The third kappa shape index (κ3) is 12.1. The molecule has 2 saturated heterocycles. The van der Waals surface area contributed by atoms with Crippen molar-refractivity contribution in [3.8, 4) is 0 Å². The predicted octanol–water partition coefficient (Wildman–Crippen LogP) is 1.23. The Kier molecular flexibility index (Phi) is 15.4. The second-order valence-corrected chi connectivity index (χ2v) is 15.4. The number of nitrogens with two attached hydrogens (primary N) is 3. The predicted molar refractivity (Wildman–Crippen MR) is 205 cm³/mol. The van der Waals surface area contributed by atoms with Gasteiger partial charge in [0.1, 0.15) is 18.1 Å². The van der Waals surface area contributed by atoms with Crippen LogP contribution in [0, 0.1) is 11.3 Å². The zero-order valence-electron chi connectivity index (χ0n) is 31.6. The van der Waals surface area contributed by atoms with Crippen LogP contribution in [0.4, 0.5) is 0 Å². The number of nitrogens with one attached hydrogen (secondary N) is 3. The van der Waals surface area contributed by atoms with E-state index >= 15 is 0 Å². The minimum absolute atomic E-state index is 0.0362. The molecule has 4 rings (SSSR count). The Labute approximate surface area is 314 Å². The first-order chi connectivity index (χ1) is 25.3. The molecule has 1 unspecified atom stereocenters. The molecule has 13 heteroatoms. The van der Waals surface area contributed by atoms with Gasteiger partial charge >= 0.3 is 0 Å². The van der Waals surface area contributed by atoms with Gasteiger partial charge in [0.2, 0.25) is 29.5 Å². The molecular weight excluding hydrogens is 672 g/mol. The van der Waals surface area contributed by atoms with Crippen LogP contribution in [0.5, 0.6) is 0 Å². The third-order valence-electron chi connectivity index (χ3n) is 10.3. The summed E-state index contributed by atoms with van der Waals surface area (Å²) < 4.78 is 0. The minimum Gasteiger partial charge on any atom is -0.343 e. The Bertz CT molecular complexity index is 1510. The molecule has 0 radical (unpaired) electrons. The molecule has 13 nitrogen and oxygen atoms in total. The zero-order chi connectivity index (χ0) is 38.5. The molecule has 0 aromatic heterocycles. The van der Waals surface area contributed by atoms with Crippen LogP contribution in [0.2, 0.25) is 0 Å². The number of benzene rings is 2. The number of hydrogen-bond donors (Lipinski definition) is 6. The average Bonchev–Trinajstić information content (AvgIpc) is 3.12. The Morgan fingerprint density at radius 1 is 0.679 bits per heavy atom. The fourth-order valence-corrected chi connectivity index (χ4v) is 7.24. The Morgan fingerprint density at radius 3 is 1.75 bits per heavy atom. The average molecular weight is 733 g/mol. The molecule has 290 valence electrons. The Balaban J connectivity index is 1.43. The van der Waals surface area contributed by atoms with Gasteiger partial charge in [-0.15, -0.1) is 0 Å². The van der Waals surface area contributed by atoms with Gasteiger partial charge in [0.05, 0.1) is 12.1 Å². The summed E-state index contributed by atoms with van der Waals surface area (Å²) in [5, 5.41) is 8.72. The number of likely N-dealkylation sites (tertiary alicyclic amines) is 2. The van der Waals surface area contributed by atoms with Crippen molar-refractivity contribution in [3.05, 3.63) is 71.8 Å². The first-order valence-electron chi connectivity index (χ1n) is 19.1. The van der Waals surface area contributed by atoms with Gasteiger partial charge in [-0.05, 0) is 75.5 Å². The monoisotopic (exact) mass is 732 g/mol. The van der Waals surface area contributed by atoms with Gasteiger partial charge in [0.15, 0.2) is 0 Å². The van der Waals surface area contributed by atoms with E-state index in [2.05, 4.69) is 16.0 Å². The Hall–Kier alpha value is -4.33. The van der Waals surface area contributed by atoms with E-state index in [0.717, 1.165) is 24.0 Å². The molecule has 0 aliphatic carbocycles. The summed E-state index contributed by atoms with van der Waals surface area (Å²) in [7, 11) is 0. The standard InChI is InChI=1S/C40H60N8O5/c1-27(2)22-33(46-37(51)34(24-30-14-8-5-9-15-30)45-35(49)31(43)23-29-12-6-4-7-13-29)36(50)44-32(16-10-11-19-41)39(53)48-25-40(26-48)17-20-47(21-18-40)38(52)28(3)42/h4-9,12-15,27-28,31-34H,10-11,16-26,41-43H2,1-3H3,(H,44,50)(H,45,49)(H,46,51)/t28?,31-,32-,33-,34-/m1/s1. The summed E-state index contributed by atoms with van der Waals surface area (Å²) in [6.07, 6.45) is 4.16. The largest absolute Gasteiger partial charge is 0.343 e. The highest BCUT2D eigenvalue weighted by atomic mass is 16.2. The van der Waals surface area contributed by atoms with Crippen LogP contribution in [-0.2, 0) is 36.8 Å². The third-order valence-corrected chi connectivity index (χ3v) is 10.3. The van der Waals surface area contributed by atoms with Crippen molar-refractivity contribution >= 4 is 29.5 Å². The quantitative estimate of drug-likeness (QED) is 0.123. The molecule has 1 spiro atoms. The van der Waals surface area contributed by atoms with Gasteiger partial charge < -0.3 is 43.0 Å². The van der Waals surface area contributed by atoms with Crippen molar-refractivity contribution in [3.63, 3.8) is 0 Å². The van der Waals surface area contributed by atoms with Gasteiger partial charge in [-0.3, -0.25) is 24.0 Å². The fraction of sp³-hybridized carbons (Fsp3) is 0.575. The van der Waals surface area contributed by atoms with Crippen LogP contribution in [0.1, 0.15) is 70.4 Å². The van der Waals surface area contributed by atoms with Crippen LogP contribution in [-0.4, -0.2) is 102 Å². The second-order valence-electron chi connectivity index (χ2n) is 15.4. The van der Waals surface area contributed by atoms with E-state index in [1.54, 1.807) is 16.7 Å². The van der Waals surface area contributed by atoms with E-state index in [4.69, 9.17) is 17.2 Å². The SMILES string of the molecule is CC(C)C[C@@H](NC(=O)[C@@H](Cc1ccccc1)NC(=O)[C@H](N)Cc1ccccc1)C(=O)N[C@H](CCCCN)C(=O)N1CC2(CCN(C(=O)C(C)N)CC2)C1. The molecule has 5 amide bonds. The molecule has 2 aliphatic heterocycles. The summed E-state index contributed by atoms with van der Waals surface area (Å²) in [6, 6.07) is 14.6. The normalized spacial score (nSPS) is 17.9. The number of unbranched alkanes of at least 4 members (excludes halogenated alkanes) is 1. The summed E-state index contributed by atoms with van der Waals surface area (Å²) in [5.41, 5.74) is 19.5. The van der Waals surface area contributed by atoms with Crippen LogP contribution >= 0.6 is 0 Å². The van der Waals surface area contributed by atoms with E-state index in [-0.39, 0.29) is 29.6 Å². The first-order valence-corrected chi connectivity index (χ1v) is 19.1. The van der Waals surface area contributed by atoms with E-state index < -0.39 is 47.9 Å². The molecule has 5 atom stereocenters. The van der Waals surface area contributed by atoms with Crippen molar-refractivity contribution in [1.82, 2.24) is 25.8 Å². The lowest BCUT2D eigenvalue weighted by Gasteiger charge is -2.54. The van der Waals surface area contributed by atoms with Crippen molar-refractivity contribution in [2.75, 3.05) is 32.7 Å². The van der Waals surface area contributed by atoms with Crippen LogP contribution in [0.3, 0.4) is 0 Å². The number of hydrogen-bond acceptors (Lipinski definition) is 8. The molecule has 2 aromatic carbocycles.